The first-order valence-corrected chi connectivity index (χ1v) is 3.43. The molecule has 0 bridgehead atoms. The van der Waals surface area contributed by atoms with Gasteiger partial charge >= 0.3 is 5.82 Å². The molecule has 0 atom stereocenters. The highest BCUT2D eigenvalue weighted by Gasteiger charge is 2.22. The van der Waals surface area contributed by atoms with Gasteiger partial charge in [0.05, 0.1) is 6.20 Å². The molecule has 0 saturated heterocycles. The Balaban J connectivity index is 3.08. The van der Waals surface area contributed by atoms with Crippen molar-refractivity contribution in [1.29, 1.82) is 0 Å². The Labute approximate surface area is 73.5 Å². The van der Waals surface area contributed by atoms with Crippen LogP contribution in [0.4, 0.5) is 5.82 Å². The molecule has 1 rings (SSSR count). The van der Waals surface area contributed by atoms with E-state index in [0.29, 0.717) is 0 Å². The molecule has 1 heterocycles. The number of H-pyrrole nitrogens is 1. The molecular formula is C6H8N4O3. The molecule has 1 amide bonds. The van der Waals surface area contributed by atoms with Crippen molar-refractivity contribution in [3.63, 3.8) is 0 Å². The number of carbonyl (C=O) groups excluding carboxylic acids is 1. The average molecular weight is 184 g/mol. The highest BCUT2D eigenvalue weighted by atomic mass is 16.6. The second-order valence-electron chi connectivity index (χ2n) is 2.59. The maximum absolute atomic E-state index is 11.3. The van der Waals surface area contributed by atoms with E-state index < -0.39 is 10.8 Å². The number of hydrogen-bond acceptors (Lipinski definition) is 4. The van der Waals surface area contributed by atoms with Crippen LogP contribution in [0.3, 0.4) is 0 Å². The molecule has 0 aliphatic carbocycles. The molecule has 0 aliphatic rings. The molecular weight excluding hydrogens is 176 g/mol. The van der Waals surface area contributed by atoms with Crippen LogP contribution in [0.1, 0.15) is 10.4 Å². The number of nitrogens with zero attached hydrogens (tertiary/aromatic N) is 3. The average Bonchev–Trinajstić information content (AvgIpc) is 2.50. The zero-order valence-electron chi connectivity index (χ0n) is 7.14. The van der Waals surface area contributed by atoms with Gasteiger partial charge in [0.15, 0.2) is 5.56 Å². The number of aromatic nitrogens is 2. The standard InChI is InChI=1S/C6H8N4O3/c1-9(2)6(11)4-3-7-8-5(4)10(12)13/h3H,1-2H3,(H,7,8). The fraction of sp³-hybridized carbons (Fsp3) is 0.333. The van der Waals surface area contributed by atoms with Crippen LogP contribution >= 0.6 is 0 Å². The van der Waals surface area contributed by atoms with Gasteiger partial charge in [0.25, 0.3) is 5.91 Å². The number of amides is 1. The Hall–Kier alpha value is -1.92. The lowest BCUT2D eigenvalue weighted by molar-refractivity contribution is -0.389. The summed E-state index contributed by atoms with van der Waals surface area (Å²) < 4.78 is 0. The quantitative estimate of drug-likeness (QED) is 0.518. The Morgan fingerprint density at radius 2 is 2.31 bits per heavy atom. The lowest BCUT2D eigenvalue weighted by atomic mass is 10.3. The zero-order valence-corrected chi connectivity index (χ0v) is 7.14. The summed E-state index contributed by atoms with van der Waals surface area (Å²) in [5, 5.41) is 16.0. The van der Waals surface area contributed by atoms with E-state index in [2.05, 4.69) is 10.2 Å². The van der Waals surface area contributed by atoms with Crippen molar-refractivity contribution in [1.82, 2.24) is 15.1 Å². The van der Waals surface area contributed by atoms with E-state index in [1.54, 1.807) is 0 Å². The summed E-state index contributed by atoms with van der Waals surface area (Å²) in [7, 11) is 3.03. The molecule has 13 heavy (non-hydrogen) atoms. The Morgan fingerprint density at radius 1 is 1.69 bits per heavy atom. The van der Waals surface area contributed by atoms with Crippen molar-refractivity contribution in [3.05, 3.63) is 21.9 Å². The summed E-state index contributed by atoms with van der Waals surface area (Å²) in [4.78, 5) is 22.2. The number of hydrogen-bond donors (Lipinski definition) is 1. The molecule has 7 heteroatoms. The summed E-state index contributed by atoms with van der Waals surface area (Å²) >= 11 is 0. The van der Waals surface area contributed by atoms with Crippen molar-refractivity contribution in [3.8, 4) is 0 Å². The Morgan fingerprint density at radius 3 is 2.77 bits per heavy atom. The molecule has 0 spiro atoms. The summed E-state index contributed by atoms with van der Waals surface area (Å²) in [5.41, 5.74) is -0.0324. The molecule has 7 nitrogen and oxygen atoms in total. The summed E-state index contributed by atoms with van der Waals surface area (Å²) in [6.07, 6.45) is 1.14. The third-order valence-corrected chi connectivity index (χ3v) is 1.44. The molecule has 1 N–H and O–H groups in total. The molecule has 1 aromatic heterocycles. The Kier molecular flexibility index (Phi) is 2.27. The number of aromatic amines is 1. The van der Waals surface area contributed by atoms with Gasteiger partial charge in [-0.25, -0.2) is 0 Å². The van der Waals surface area contributed by atoms with E-state index >= 15 is 0 Å². The third-order valence-electron chi connectivity index (χ3n) is 1.44. The highest BCUT2D eigenvalue weighted by molar-refractivity contribution is 5.96. The van der Waals surface area contributed by atoms with Crippen molar-refractivity contribution in [2.24, 2.45) is 0 Å². The Bertz CT molecular complexity index is 343. The van der Waals surface area contributed by atoms with Gasteiger partial charge in [-0.3, -0.25) is 4.79 Å². The SMILES string of the molecule is CN(C)C(=O)c1cn[nH]c1[N+](=O)[O-]. The number of nitro groups is 1. The first-order chi connectivity index (χ1) is 6.04. The van der Waals surface area contributed by atoms with Gasteiger partial charge in [-0.05, 0) is 4.92 Å². The predicted octanol–water partition coefficient (Wildman–Crippen LogP) is 0.0197. The lowest BCUT2D eigenvalue weighted by Gasteiger charge is -2.07. The molecule has 0 radical (unpaired) electrons. The topological polar surface area (TPSA) is 92.1 Å². The number of carbonyl (C=O) groups is 1. The van der Waals surface area contributed by atoms with Gasteiger partial charge in [-0.1, -0.05) is 5.10 Å². The van der Waals surface area contributed by atoms with E-state index in [1.165, 1.54) is 19.0 Å². The van der Waals surface area contributed by atoms with Crippen LogP contribution in [0.2, 0.25) is 0 Å². The molecule has 70 valence electrons. The summed E-state index contributed by atoms with van der Waals surface area (Å²) in [5.74, 6) is -0.820. The maximum Gasteiger partial charge on any atom is 0.355 e. The molecule has 0 aromatic carbocycles. The minimum Gasteiger partial charge on any atom is -0.358 e. The summed E-state index contributed by atoms with van der Waals surface area (Å²) in [6, 6.07) is 0. The van der Waals surface area contributed by atoms with Crippen molar-refractivity contribution in [2.75, 3.05) is 14.1 Å². The third kappa shape index (κ3) is 1.63. The smallest absolute Gasteiger partial charge is 0.355 e. The fourth-order valence-corrected chi connectivity index (χ4v) is 0.816. The number of nitrogens with one attached hydrogen (secondary N) is 1. The maximum atomic E-state index is 11.3. The molecule has 0 fully saturated rings. The van der Waals surface area contributed by atoms with Crippen LogP contribution < -0.4 is 0 Å². The first-order valence-electron chi connectivity index (χ1n) is 3.43. The first kappa shape index (κ1) is 9.17. The molecule has 0 saturated carbocycles. The van der Waals surface area contributed by atoms with Gasteiger partial charge in [0.1, 0.15) is 0 Å². The van der Waals surface area contributed by atoms with Crippen LogP contribution in [-0.2, 0) is 0 Å². The van der Waals surface area contributed by atoms with Crippen LogP contribution in [0.5, 0.6) is 0 Å². The van der Waals surface area contributed by atoms with Crippen molar-refractivity contribution in [2.45, 2.75) is 0 Å². The molecule has 1 aromatic rings. The van der Waals surface area contributed by atoms with Crippen molar-refractivity contribution >= 4 is 11.7 Å². The fourth-order valence-electron chi connectivity index (χ4n) is 0.816. The van der Waals surface area contributed by atoms with E-state index in [0.717, 1.165) is 6.20 Å². The summed E-state index contributed by atoms with van der Waals surface area (Å²) in [6.45, 7) is 0. The zero-order chi connectivity index (χ0) is 10.0. The largest absolute Gasteiger partial charge is 0.358 e. The van der Waals surface area contributed by atoms with Gasteiger partial charge in [-0.2, -0.15) is 0 Å². The monoisotopic (exact) mass is 184 g/mol. The lowest BCUT2D eigenvalue weighted by Crippen LogP contribution is -2.22. The van der Waals surface area contributed by atoms with Crippen molar-refractivity contribution < 1.29 is 9.72 Å². The van der Waals surface area contributed by atoms with E-state index in [-0.39, 0.29) is 11.4 Å². The van der Waals surface area contributed by atoms with Gasteiger partial charge in [0.2, 0.25) is 0 Å². The second-order valence-corrected chi connectivity index (χ2v) is 2.59. The van der Waals surface area contributed by atoms with Crippen LogP contribution in [0.25, 0.3) is 0 Å². The highest BCUT2D eigenvalue weighted by Crippen LogP contribution is 2.14. The van der Waals surface area contributed by atoms with E-state index in [9.17, 15) is 14.9 Å². The number of rotatable bonds is 2. The van der Waals surface area contributed by atoms with E-state index in [4.69, 9.17) is 0 Å². The minimum atomic E-state index is -0.677. The molecule has 0 aliphatic heterocycles. The second kappa shape index (κ2) is 3.21. The minimum absolute atomic E-state index is 0.0324. The van der Waals surface area contributed by atoms with Gasteiger partial charge < -0.3 is 15.0 Å². The van der Waals surface area contributed by atoms with Crippen LogP contribution in [0, 0.1) is 10.1 Å². The van der Waals surface area contributed by atoms with Gasteiger partial charge in [-0.15, -0.1) is 5.10 Å². The van der Waals surface area contributed by atoms with E-state index in [1.807, 2.05) is 0 Å². The normalized spacial score (nSPS) is 9.69. The van der Waals surface area contributed by atoms with Crippen LogP contribution in [-0.4, -0.2) is 40.0 Å². The van der Waals surface area contributed by atoms with Gasteiger partial charge in [0, 0.05) is 14.1 Å². The van der Waals surface area contributed by atoms with Crippen LogP contribution in [0.15, 0.2) is 6.20 Å². The molecule has 0 unspecified atom stereocenters. The predicted molar refractivity (Wildman–Crippen MR) is 43.3 cm³/mol.